The summed E-state index contributed by atoms with van der Waals surface area (Å²) >= 11 is 1.70. The molecule has 0 radical (unpaired) electrons. The molecule has 106 valence electrons. The highest BCUT2D eigenvalue weighted by molar-refractivity contribution is 7.09. The molecule has 0 N–H and O–H groups in total. The summed E-state index contributed by atoms with van der Waals surface area (Å²) < 4.78 is 2.14. The number of hydrogen-bond donors (Lipinski definition) is 0. The summed E-state index contributed by atoms with van der Waals surface area (Å²) in [5.41, 5.74) is 0. The lowest BCUT2D eigenvalue weighted by atomic mass is 10.2. The lowest BCUT2D eigenvalue weighted by molar-refractivity contribution is -0.130. The Morgan fingerprint density at radius 1 is 1.50 bits per heavy atom. The predicted octanol–water partition coefficient (Wildman–Crippen LogP) is 1.88. The standard InChI is InChI=1S/C14H18N4OS/c1-17(14(19)7-6-11-4-3-9-20-11)10-13-16-15-12-5-2-8-18(12)13/h3-4,9H,2,5-8,10H2,1H3. The molecule has 20 heavy (non-hydrogen) atoms. The van der Waals surface area contributed by atoms with E-state index >= 15 is 0 Å². The third-order valence-electron chi connectivity index (χ3n) is 3.66. The number of hydrogen-bond acceptors (Lipinski definition) is 4. The lowest BCUT2D eigenvalue weighted by Crippen LogP contribution is -2.27. The van der Waals surface area contributed by atoms with Crippen molar-refractivity contribution in [3.05, 3.63) is 34.0 Å². The van der Waals surface area contributed by atoms with E-state index in [4.69, 9.17) is 0 Å². The Morgan fingerprint density at radius 2 is 2.40 bits per heavy atom. The molecule has 0 atom stereocenters. The van der Waals surface area contributed by atoms with Gasteiger partial charge in [0.05, 0.1) is 6.54 Å². The van der Waals surface area contributed by atoms with Crippen LogP contribution in [0.25, 0.3) is 0 Å². The van der Waals surface area contributed by atoms with Gasteiger partial charge in [-0.15, -0.1) is 21.5 Å². The van der Waals surface area contributed by atoms with E-state index in [2.05, 4.69) is 20.8 Å². The van der Waals surface area contributed by atoms with Crippen molar-refractivity contribution in [2.75, 3.05) is 7.05 Å². The smallest absolute Gasteiger partial charge is 0.223 e. The monoisotopic (exact) mass is 290 g/mol. The highest BCUT2D eigenvalue weighted by Gasteiger charge is 2.19. The first kappa shape index (κ1) is 13.3. The molecule has 0 aliphatic carbocycles. The average Bonchev–Trinajstić information content (AvgIpc) is 3.15. The van der Waals surface area contributed by atoms with Crippen molar-refractivity contribution in [3.63, 3.8) is 0 Å². The molecule has 3 heterocycles. The Morgan fingerprint density at radius 3 is 3.20 bits per heavy atom. The summed E-state index contributed by atoms with van der Waals surface area (Å²) in [4.78, 5) is 15.2. The number of aromatic nitrogens is 3. The first-order chi connectivity index (χ1) is 9.74. The van der Waals surface area contributed by atoms with Gasteiger partial charge in [0, 0.05) is 31.3 Å². The maximum Gasteiger partial charge on any atom is 0.223 e. The third-order valence-corrected chi connectivity index (χ3v) is 4.59. The van der Waals surface area contributed by atoms with Gasteiger partial charge in [-0.1, -0.05) is 6.07 Å². The summed E-state index contributed by atoms with van der Waals surface area (Å²) in [6.07, 6.45) is 3.51. The van der Waals surface area contributed by atoms with Crippen molar-refractivity contribution in [1.29, 1.82) is 0 Å². The van der Waals surface area contributed by atoms with Crippen LogP contribution in [0.3, 0.4) is 0 Å². The van der Waals surface area contributed by atoms with Gasteiger partial charge in [0.2, 0.25) is 5.91 Å². The first-order valence-electron chi connectivity index (χ1n) is 6.91. The van der Waals surface area contributed by atoms with Crippen LogP contribution in [-0.2, 0) is 30.7 Å². The Hall–Kier alpha value is -1.69. The second-order valence-electron chi connectivity index (χ2n) is 5.12. The van der Waals surface area contributed by atoms with E-state index in [9.17, 15) is 4.79 Å². The average molecular weight is 290 g/mol. The van der Waals surface area contributed by atoms with Crippen LogP contribution in [0.2, 0.25) is 0 Å². The molecular formula is C14H18N4OS. The van der Waals surface area contributed by atoms with Gasteiger partial charge in [-0.05, 0) is 24.3 Å². The molecule has 0 aromatic carbocycles. The van der Waals surface area contributed by atoms with Crippen LogP contribution in [0.4, 0.5) is 0 Å². The predicted molar refractivity (Wildman–Crippen MR) is 77.5 cm³/mol. The van der Waals surface area contributed by atoms with E-state index in [-0.39, 0.29) is 5.91 Å². The number of carbonyl (C=O) groups excluding carboxylic acids is 1. The molecule has 0 unspecified atom stereocenters. The third kappa shape index (κ3) is 2.75. The van der Waals surface area contributed by atoms with Crippen LogP contribution in [0.1, 0.15) is 29.4 Å². The van der Waals surface area contributed by atoms with Crippen molar-refractivity contribution < 1.29 is 4.79 Å². The summed E-state index contributed by atoms with van der Waals surface area (Å²) in [6, 6.07) is 4.09. The molecule has 1 aliphatic heterocycles. The summed E-state index contributed by atoms with van der Waals surface area (Å²) in [5.74, 6) is 2.12. The summed E-state index contributed by atoms with van der Waals surface area (Å²) in [6.45, 7) is 1.53. The number of thiophene rings is 1. The molecule has 0 saturated carbocycles. The fourth-order valence-electron chi connectivity index (χ4n) is 2.50. The molecule has 0 saturated heterocycles. The van der Waals surface area contributed by atoms with Gasteiger partial charge in [0.15, 0.2) is 5.82 Å². The van der Waals surface area contributed by atoms with Crippen molar-refractivity contribution in [3.8, 4) is 0 Å². The van der Waals surface area contributed by atoms with Gasteiger partial charge in [0.1, 0.15) is 5.82 Å². The molecule has 2 aromatic rings. The largest absolute Gasteiger partial charge is 0.338 e. The fraction of sp³-hybridized carbons (Fsp3) is 0.500. The molecule has 2 aromatic heterocycles. The Kier molecular flexibility index (Phi) is 3.82. The van der Waals surface area contributed by atoms with Crippen molar-refractivity contribution in [1.82, 2.24) is 19.7 Å². The van der Waals surface area contributed by atoms with Gasteiger partial charge in [-0.3, -0.25) is 4.79 Å². The van der Waals surface area contributed by atoms with Gasteiger partial charge in [0.25, 0.3) is 0 Å². The molecule has 3 rings (SSSR count). The molecule has 6 heteroatoms. The van der Waals surface area contributed by atoms with Gasteiger partial charge in [-0.2, -0.15) is 0 Å². The summed E-state index contributed by atoms with van der Waals surface area (Å²) in [7, 11) is 1.84. The minimum absolute atomic E-state index is 0.161. The number of aryl methyl sites for hydroxylation is 2. The van der Waals surface area contributed by atoms with Crippen LogP contribution in [0.15, 0.2) is 17.5 Å². The van der Waals surface area contributed by atoms with Gasteiger partial charge >= 0.3 is 0 Å². The number of amides is 1. The SMILES string of the molecule is CN(Cc1nnc2n1CCC2)C(=O)CCc1cccs1. The van der Waals surface area contributed by atoms with E-state index in [0.717, 1.165) is 37.5 Å². The Bertz CT molecular complexity index is 590. The van der Waals surface area contributed by atoms with Crippen molar-refractivity contribution >= 4 is 17.2 Å². The second-order valence-corrected chi connectivity index (χ2v) is 6.15. The zero-order valence-electron chi connectivity index (χ0n) is 11.6. The normalized spacial score (nSPS) is 13.4. The van der Waals surface area contributed by atoms with Crippen LogP contribution < -0.4 is 0 Å². The quantitative estimate of drug-likeness (QED) is 0.845. The second kappa shape index (κ2) is 5.75. The van der Waals surface area contributed by atoms with Crippen LogP contribution in [-0.4, -0.2) is 32.6 Å². The van der Waals surface area contributed by atoms with Crippen LogP contribution in [0.5, 0.6) is 0 Å². The first-order valence-corrected chi connectivity index (χ1v) is 7.79. The van der Waals surface area contributed by atoms with E-state index < -0.39 is 0 Å². The van der Waals surface area contributed by atoms with E-state index in [0.29, 0.717) is 13.0 Å². The highest BCUT2D eigenvalue weighted by Crippen LogP contribution is 2.16. The molecule has 0 bridgehead atoms. The van der Waals surface area contributed by atoms with E-state index in [1.807, 2.05) is 18.5 Å². The van der Waals surface area contributed by atoms with Crippen LogP contribution >= 0.6 is 11.3 Å². The molecule has 1 amide bonds. The van der Waals surface area contributed by atoms with E-state index in [1.54, 1.807) is 16.2 Å². The number of fused-ring (bicyclic) bond motifs is 1. The highest BCUT2D eigenvalue weighted by atomic mass is 32.1. The fourth-order valence-corrected chi connectivity index (χ4v) is 3.21. The minimum atomic E-state index is 0.161. The van der Waals surface area contributed by atoms with Crippen molar-refractivity contribution in [2.24, 2.45) is 0 Å². The maximum absolute atomic E-state index is 12.1. The number of rotatable bonds is 5. The van der Waals surface area contributed by atoms with Gasteiger partial charge < -0.3 is 9.47 Å². The zero-order valence-corrected chi connectivity index (χ0v) is 12.4. The maximum atomic E-state index is 12.1. The van der Waals surface area contributed by atoms with Crippen LogP contribution in [0, 0.1) is 0 Å². The molecule has 0 fully saturated rings. The number of carbonyl (C=O) groups is 1. The summed E-state index contributed by atoms with van der Waals surface area (Å²) in [5, 5.41) is 10.4. The lowest BCUT2D eigenvalue weighted by Gasteiger charge is -2.16. The molecule has 5 nitrogen and oxygen atoms in total. The molecule has 1 aliphatic rings. The van der Waals surface area contributed by atoms with Crippen molar-refractivity contribution in [2.45, 2.75) is 38.8 Å². The molecule has 0 spiro atoms. The topological polar surface area (TPSA) is 51.0 Å². The number of nitrogens with zero attached hydrogens (tertiary/aromatic N) is 4. The van der Waals surface area contributed by atoms with E-state index in [1.165, 1.54) is 4.88 Å². The Balaban J connectivity index is 1.55. The minimum Gasteiger partial charge on any atom is -0.338 e. The molecular weight excluding hydrogens is 272 g/mol. The Labute approximate surface area is 122 Å². The van der Waals surface area contributed by atoms with Gasteiger partial charge in [-0.25, -0.2) is 0 Å². The zero-order chi connectivity index (χ0) is 13.9.